The predicted molar refractivity (Wildman–Crippen MR) is 92.1 cm³/mol. The molecule has 1 aromatic heterocycles. The molecular formula is C14H20ClN5S. The third kappa shape index (κ3) is 4.54. The first kappa shape index (κ1) is 16.0. The largest absolute Gasteiger partial charge is 0.359 e. The highest BCUT2D eigenvalue weighted by atomic mass is 35.5. The van der Waals surface area contributed by atoms with E-state index < -0.39 is 0 Å². The average molecular weight is 326 g/mol. The minimum atomic E-state index is 0.409. The van der Waals surface area contributed by atoms with Gasteiger partial charge in [0.1, 0.15) is 11.0 Å². The average Bonchev–Trinajstić information content (AvgIpc) is 2.45. The topological polar surface area (TPSA) is 53.1 Å². The van der Waals surface area contributed by atoms with Gasteiger partial charge >= 0.3 is 0 Å². The minimum absolute atomic E-state index is 0.409. The maximum absolute atomic E-state index is 6.11. The number of halogens is 1. The summed E-state index contributed by atoms with van der Waals surface area (Å²) < 4.78 is 0. The van der Waals surface area contributed by atoms with Crippen LogP contribution in [0.4, 0.5) is 11.8 Å². The Kier molecular flexibility index (Phi) is 5.76. The molecule has 1 aliphatic rings. The van der Waals surface area contributed by atoms with Crippen molar-refractivity contribution in [3.05, 3.63) is 23.9 Å². The molecule has 0 amide bonds. The molecule has 2 rings (SSSR count). The van der Waals surface area contributed by atoms with E-state index in [1.165, 1.54) is 19.3 Å². The van der Waals surface area contributed by atoms with Crippen LogP contribution in [0.2, 0.25) is 5.15 Å². The van der Waals surface area contributed by atoms with Gasteiger partial charge in [-0.1, -0.05) is 17.7 Å². The molecule has 0 saturated carbocycles. The van der Waals surface area contributed by atoms with Gasteiger partial charge in [-0.25, -0.2) is 4.98 Å². The molecule has 1 saturated heterocycles. The number of nitrogens with one attached hydrogen (secondary N) is 2. The molecule has 1 atom stereocenters. The summed E-state index contributed by atoms with van der Waals surface area (Å²) in [7, 11) is 0. The lowest BCUT2D eigenvalue weighted by Gasteiger charge is -2.34. The van der Waals surface area contributed by atoms with Crippen molar-refractivity contribution in [3.8, 4) is 0 Å². The zero-order valence-corrected chi connectivity index (χ0v) is 13.7. The van der Waals surface area contributed by atoms with E-state index >= 15 is 0 Å². The van der Waals surface area contributed by atoms with E-state index in [2.05, 4.69) is 39.0 Å². The van der Waals surface area contributed by atoms with Crippen molar-refractivity contribution in [2.45, 2.75) is 32.2 Å². The summed E-state index contributed by atoms with van der Waals surface area (Å²) in [4.78, 5) is 11.0. The molecule has 114 valence electrons. The first-order valence-corrected chi connectivity index (χ1v) is 7.85. The standard InChI is InChI=1S/C14H20ClN5S/c1-3-7-16-14(21)19-13-17-11(15)9-12(18-13)20-8-5-4-6-10(20)2/h3,9-10H,1,4-8H2,2H3,(H2,16,17,18,19,21)/t10-/m1/s1. The Morgan fingerprint density at radius 3 is 3.10 bits per heavy atom. The van der Waals surface area contributed by atoms with Gasteiger partial charge in [-0.05, 0) is 38.4 Å². The third-order valence-corrected chi connectivity index (χ3v) is 3.85. The lowest BCUT2D eigenvalue weighted by molar-refractivity contribution is 0.481. The molecule has 0 radical (unpaired) electrons. The Balaban J connectivity index is 2.12. The molecule has 0 aromatic carbocycles. The van der Waals surface area contributed by atoms with E-state index in [1.807, 2.05) is 0 Å². The molecule has 2 N–H and O–H groups in total. The van der Waals surface area contributed by atoms with Crippen LogP contribution in [0.1, 0.15) is 26.2 Å². The van der Waals surface area contributed by atoms with Crippen LogP contribution in [0.5, 0.6) is 0 Å². The van der Waals surface area contributed by atoms with Crippen LogP contribution >= 0.6 is 23.8 Å². The smallest absolute Gasteiger partial charge is 0.232 e. The van der Waals surface area contributed by atoms with Crippen LogP contribution < -0.4 is 15.5 Å². The summed E-state index contributed by atoms with van der Waals surface area (Å²) in [5.74, 6) is 1.26. The van der Waals surface area contributed by atoms with E-state index in [-0.39, 0.29) is 0 Å². The molecule has 21 heavy (non-hydrogen) atoms. The first-order chi connectivity index (χ1) is 10.1. The van der Waals surface area contributed by atoms with Crippen LogP contribution in [0.25, 0.3) is 0 Å². The summed E-state index contributed by atoms with van der Waals surface area (Å²) >= 11 is 11.3. The quantitative estimate of drug-likeness (QED) is 0.504. The van der Waals surface area contributed by atoms with Crippen LogP contribution in [-0.2, 0) is 0 Å². The number of hydrogen-bond donors (Lipinski definition) is 2. The second-order valence-electron chi connectivity index (χ2n) is 5.03. The van der Waals surface area contributed by atoms with Gasteiger partial charge in [-0.15, -0.1) is 6.58 Å². The third-order valence-electron chi connectivity index (χ3n) is 3.41. The zero-order valence-electron chi connectivity index (χ0n) is 12.1. The van der Waals surface area contributed by atoms with Crippen molar-refractivity contribution < 1.29 is 0 Å². The Hall–Kier alpha value is -1.40. The summed E-state index contributed by atoms with van der Waals surface area (Å²) in [5.41, 5.74) is 0. The van der Waals surface area contributed by atoms with Crippen molar-refractivity contribution in [1.29, 1.82) is 0 Å². The number of rotatable bonds is 4. The second-order valence-corrected chi connectivity index (χ2v) is 5.83. The summed E-state index contributed by atoms with van der Waals surface area (Å²) in [6.45, 7) is 7.41. The van der Waals surface area contributed by atoms with Gasteiger partial charge in [0.25, 0.3) is 0 Å². The fourth-order valence-electron chi connectivity index (χ4n) is 2.36. The highest BCUT2D eigenvalue weighted by Crippen LogP contribution is 2.25. The molecular weight excluding hydrogens is 306 g/mol. The molecule has 5 nitrogen and oxygen atoms in total. The van der Waals surface area contributed by atoms with Crippen molar-refractivity contribution in [1.82, 2.24) is 15.3 Å². The van der Waals surface area contributed by atoms with Crippen molar-refractivity contribution >= 4 is 40.7 Å². The Labute approximate surface area is 135 Å². The van der Waals surface area contributed by atoms with Crippen LogP contribution in [0.15, 0.2) is 18.7 Å². The van der Waals surface area contributed by atoms with Gasteiger partial charge < -0.3 is 15.5 Å². The van der Waals surface area contributed by atoms with E-state index in [0.717, 1.165) is 12.4 Å². The number of nitrogens with zero attached hydrogens (tertiary/aromatic N) is 3. The van der Waals surface area contributed by atoms with Gasteiger partial charge in [0, 0.05) is 25.2 Å². The Morgan fingerprint density at radius 1 is 1.57 bits per heavy atom. The normalized spacial score (nSPS) is 18.2. The van der Waals surface area contributed by atoms with E-state index in [4.69, 9.17) is 23.8 Å². The maximum Gasteiger partial charge on any atom is 0.232 e. The number of thiocarbonyl (C=S) groups is 1. The number of aromatic nitrogens is 2. The highest BCUT2D eigenvalue weighted by Gasteiger charge is 2.20. The van der Waals surface area contributed by atoms with E-state index in [1.54, 1.807) is 12.1 Å². The van der Waals surface area contributed by atoms with Crippen LogP contribution in [-0.4, -0.2) is 34.2 Å². The van der Waals surface area contributed by atoms with Crippen molar-refractivity contribution in [3.63, 3.8) is 0 Å². The van der Waals surface area contributed by atoms with Gasteiger partial charge in [-0.2, -0.15) is 4.98 Å². The van der Waals surface area contributed by atoms with Crippen molar-refractivity contribution in [2.24, 2.45) is 0 Å². The molecule has 2 heterocycles. The molecule has 0 aliphatic carbocycles. The monoisotopic (exact) mass is 325 g/mol. The summed E-state index contributed by atoms with van der Waals surface area (Å²) in [6, 6.07) is 2.26. The molecule has 0 spiro atoms. The van der Waals surface area contributed by atoms with E-state index in [9.17, 15) is 0 Å². The van der Waals surface area contributed by atoms with Gasteiger partial charge in [0.15, 0.2) is 5.11 Å². The number of hydrogen-bond acceptors (Lipinski definition) is 4. The fraction of sp³-hybridized carbons (Fsp3) is 0.500. The molecule has 7 heteroatoms. The highest BCUT2D eigenvalue weighted by molar-refractivity contribution is 7.80. The van der Waals surface area contributed by atoms with Gasteiger partial charge in [0.05, 0.1) is 0 Å². The lowest BCUT2D eigenvalue weighted by Crippen LogP contribution is -2.38. The maximum atomic E-state index is 6.11. The van der Waals surface area contributed by atoms with Crippen LogP contribution in [0.3, 0.4) is 0 Å². The zero-order chi connectivity index (χ0) is 15.2. The minimum Gasteiger partial charge on any atom is -0.359 e. The SMILES string of the molecule is C=CCNC(=S)Nc1nc(Cl)cc(N2CCCC[C@H]2C)n1. The summed E-state index contributed by atoms with van der Waals surface area (Å²) in [5, 5.41) is 6.79. The number of anilines is 2. The molecule has 0 unspecified atom stereocenters. The first-order valence-electron chi connectivity index (χ1n) is 7.07. The van der Waals surface area contributed by atoms with Crippen LogP contribution in [0, 0.1) is 0 Å². The summed E-state index contributed by atoms with van der Waals surface area (Å²) in [6.07, 6.45) is 5.34. The molecule has 1 fully saturated rings. The Morgan fingerprint density at radius 2 is 2.38 bits per heavy atom. The van der Waals surface area contributed by atoms with Crippen molar-refractivity contribution in [2.75, 3.05) is 23.3 Å². The fourth-order valence-corrected chi connectivity index (χ4v) is 2.71. The predicted octanol–water partition coefficient (Wildman–Crippen LogP) is 2.98. The number of piperidine rings is 1. The van der Waals surface area contributed by atoms with Gasteiger partial charge in [-0.3, -0.25) is 0 Å². The molecule has 0 bridgehead atoms. The molecule has 1 aliphatic heterocycles. The van der Waals surface area contributed by atoms with E-state index in [0.29, 0.717) is 28.8 Å². The molecule has 1 aromatic rings. The van der Waals surface area contributed by atoms with Gasteiger partial charge in [0.2, 0.25) is 5.95 Å². The Bertz CT molecular complexity index is 522. The second kappa shape index (κ2) is 7.56. The lowest BCUT2D eigenvalue weighted by atomic mass is 10.0.